The molecule has 0 aliphatic heterocycles. The zero-order valence-corrected chi connectivity index (χ0v) is 21.8. The third-order valence-corrected chi connectivity index (χ3v) is 7.76. The van der Waals surface area contributed by atoms with Gasteiger partial charge < -0.3 is 5.32 Å². The van der Waals surface area contributed by atoms with Crippen LogP contribution in [0, 0.1) is 20.8 Å². The molecule has 0 unspecified atom stereocenters. The van der Waals surface area contributed by atoms with Crippen molar-refractivity contribution < 1.29 is 13.2 Å². The monoisotopic (exact) mass is 496 g/mol. The third-order valence-electron chi connectivity index (χ3n) is 5.63. The van der Waals surface area contributed by atoms with Crippen LogP contribution in [0.5, 0.6) is 0 Å². The molecule has 1 amide bonds. The van der Waals surface area contributed by atoms with Gasteiger partial charge in [-0.1, -0.05) is 48.5 Å². The van der Waals surface area contributed by atoms with E-state index in [0.717, 1.165) is 28.2 Å². The molecule has 34 heavy (non-hydrogen) atoms. The molecular weight excluding hydrogens is 464 g/mol. The van der Waals surface area contributed by atoms with Crippen LogP contribution in [0.25, 0.3) is 0 Å². The van der Waals surface area contributed by atoms with Gasteiger partial charge in [-0.2, -0.15) is 11.8 Å². The second-order valence-corrected chi connectivity index (χ2v) is 11.5. The number of anilines is 1. The van der Waals surface area contributed by atoms with E-state index in [9.17, 15) is 13.2 Å². The number of benzene rings is 3. The summed E-state index contributed by atoms with van der Waals surface area (Å²) in [4.78, 5) is 12.5. The van der Waals surface area contributed by atoms with Gasteiger partial charge in [-0.25, -0.2) is 8.42 Å². The van der Waals surface area contributed by atoms with E-state index in [1.807, 2.05) is 56.3 Å². The van der Waals surface area contributed by atoms with Crippen LogP contribution in [0.1, 0.15) is 38.2 Å². The molecule has 0 aliphatic carbocycles. The van der Waals surface area contributed by atoms with E-state index in [1.165, 1.54) is 21.7 Å². The molecule has 3 rings (SSSR count). The van der Waals surface area contributed by atoms with Gasteiger partial charge >= 0.3 is 0 Å². The van der Waals surface area contributed by atoms with Crippen molar-refractivity contribution in [2.75, 3.05) is 22.9 Å². The van der Waals surface area contributed by atoms with Crippen LogP contribution in [0.2, 0.25) is 0 Å². The molecule has 0 radical (unpaired) electrons. The van der Waals surface area contributed by atoms with Gasteiger partial charge in [0, 0.05) is 23.6 Å². The number of sulfonamides is 1. The highest BCUT2D eigenvalue weighted by Gasteiger charge is 2.20. The predicted molar refractivity (Wildman–Crippen MR) is 143 cm³/mol. The highest BCUT2D eigenvalue weighted by Crippen LogP contribution is 2.26. The molecule has 0 atom stereocenters. The molecule has 7 heteroatoms. The van der Waals surface area contributed by atoms with Crippen LogP contribution in [0.3, 0.4) is 0 Å². The summed E-state index contributed by atoms with van der Waals surface area (Å²) >= 11 is 1.79. The molecule has 0 spiro atoms. The Labute approximate surface area is 207 Å². The SMILES string of the molecule is Cc1ccc(C)c(N(Cc2ccc(C(=O)NCCSCc3ccccc3C)cc2)S(C)(=O)=O)c1. The van der Waals surface area contributed by atoms with Gasteiger partial charge in [0.1, 0.15) is 0 Å². The van der Waals surface area contributed by atoms with Crippen molar-refractivity contribution in [3.63, 3.8) is 0 Å². The third kappa shape index (κ3) is 7.11. The number of aryl methyl sites for hydroxylation is 3. The van der Waals surface area contributed by atoms with Crippen molar-refractivity contribution in [2.45, 2.75) is 33.1 Å². The molecule has 5 nitrogen and oxygen atoms in total. The molecule has 0 fully saturated rings. The van der Waals surface area contributed by atoms with Crippen LogP contribution in [0.4, 0.5) is 5.69 Å². The van der Waals surface area contributed by atoms with Gasteiger partial charge in [0.2, 0.25) is 10.0 Å². The zero-order valence-electron chi connectivity index (χ0n) is 20.2. The van der Waals surface area contributed by atoms with Gasteiger partial charge in [-0.3, -0.25) is 9.10 Å². The Bertz CT molecular complexity index is 1240. The van der Waals surface area contributed by atoms with E-state index < -0.39 is 10.0 Å². The molecule has 3 aromatic carbocycles. The Hall–Kier alpha value is -2.77. The summed E-state index contributed by atoms with van der Waals surface area (Å²) < 4.78 is 26.4. The van der Waals surface area contributed by atoms with Crippen LogP contribution < -0.4 is 9.62 Å². The van der Waals surface area contributed by atoms with Crippen LogP contribution in [-0.2, 0) is 22.3 Å². The van der Waals surface area contributed by atoms with Gasteiger partial charge in [-0.15, -0.1) is 0 Å². The Kier molecular flexibility index (Phi) is 8.80. The average molecular weight is 497 g/mol. The van der Waals surface area contributed by atoms with Crippen LogP contribution >= 0.6 is 11.8 Å². The van der Waals surface area contributed by atoms with Gasteiger partial charge in [0.25, 0.3) is 5.91 Å². The molecule has 0 aliphatic rings. The summed E-state index contributed by atoms with van der Waals surface area (Å²) in [5.41, 5.74) is 6.55. The number of carbonyl (C=O) groups excluding carboxylic acids is 1. The predicted octanol–water partition coefficient (Wildman–Crippen LogP) is 5.24. The number of amides is 1. The number of rotatable bonds is 10. The number of carbonyl (C=O) groups is 1. The second-order valence-electron chi connectivity index (χ2n) is 8.49. The summed E-state index contributed by atoms with van der Waals surface area (Å²) in [7, 11) is -3.47. The first-order chi connectivity index (χ1) is 16.1. The topological polar surface area (TPSA) is 66.5 Å². The Balaban J connectivity index is 1.56. The number of nitrogens with zero attached hydrogens (tertiary/aromatic N) is 1. The van der Waals surface area contributed by atoms with Crippen molar-refractivity contribution in [2.24, 2.45) is 0 Å². The molecule has 0 saturated heterocycles. The Morgan fingerprint density at radius 3 is 2.32 bits per heavy atom. The molecule has 0 bridgehead atoms. The summed E-state index contributed by atoms with van der Waals surface area (Å²) in [6.07, 6.45) is 1.22. The highest BCUT2D eigenvalue weighted by atomic mass is 32.2. The number of hydrogen-bond acceptors (Lipinski definition) is 4. The molecule has 0 saturated carbocycles. The van der Waals surface area contributed by atoms with E-state index in [4.69, 9.17) is 0 Å². The summed E-state index contributed by atoms with van der Waals surface area (Å²) in [6, 6.07) is 21.2. The van der Waals surface area contributed by atoms with Crippen LogP contribution in [0.15, 0.2) is 66.7 Å². The molecule has 1 N–H and O–H groups in total. The largest absolute Gasteiger partial charge is 0.351 e. The van der Waals surface area contributed by atoms with E-state index in [0.29, 0.717) is 17.8 Å². The van der Waals surface area contributed by atoms with Crippen molar-refractivity contribution in [1.29, 1.82) is 0 Å². The van der Waals surface area contributed by atoms with Gasteiger partial charge in [0.05, 0.1) is 18.5 Å². The lowest BCUT2D eigenvalue weighted by atomic mass is 10.1. The normalized spacial score (nSPS) is 11.3. The fourth-order valence-corrected chi connectivity index (χ4v) is 5.46. The molecule has 180 valence electrons. The quantitative estimate of drug-likeness (QED) is 0.390. The first-order valence-electron chi connectivity index (χ1n) is 11.2. The number of nitrogens with one attached hydrogen (secondary N) is 1. The maximum Gasteiger partial charge on any atom is 0.251 e. The van der Waals surface area contributed by atoms with Crippen LogP contribution in [-0.4, -0.2) is 32.9 Å². The highest BCUT2D eigenvalue weighted by molar-refractivity contribution is 7.98. The fraction of sp³-hybridized carbons (Fsp3) is 0.296. The lowest BCUT2D eigenvalue weighted by molar-refractivity contribution is 0.0956. The summed E-state index contributed by atoms with van der Waals surface area (Å²) in [6.45, 7) is 6.75. The number of thioether (sulfide) groups is 1. The minimum atomic E-state index is -3.47. The van der Waals surface area contributed by atoms with Gasteiger partial charge in [0.15, 0.2) is 0 Å². The van der Waals surface area contributed by atoms with E-state index >= 15 is 0 Å². The lowest BCUT2D eigenvalue weighted by Gasteiger charge is -2.25. The first-order valence-corrected chi connectivity index (χ1v) is 14.2. The zero-order chi connectivity index (χ0) is 24.7. The molecular formula is C27H32N2O3S2. The van der Waals surface area contributed by atoms with E-state index in [1.54, 1.807) is 23.9 Å². The fourth-order valence-electron chi connectivity index (χ4n) is 3.59. The summed E-state index contributed by atoms with van der Waals surface area (Å²) in [5, 5.41) is 2.96. The number of hydrogen-bond donors (Lipinski definition) is 1. The first kappa shape index (κ1) is 25.8. The average Bonchev–Trinajstić information content (AvgIpc) is 2.79. The molecule has 0 heterocycles. The lowest BCUT2D eigenvalue weighted by Crippen LogP contribution is -2.30. The van der Waals surface area contributed by atoms with Crippen molar-refractivity contribution in [3.8, 4) is 0 Å². The standard InChI is InChI=1S/C27H32N2O3S2/c1-20-9-10-22(3)26(17-20)29(34(4,31)32)18-23-11-13-24(14-12-23)27(30)28-15-16-33-19-25-8-6-5-7-21(25)2/h5-14,17H,15-16,18-19H2,1-4H3,(H,28,30). The maximum atomic E-state index is 12.5. The molecule has 3 aromatic rings. The minimum Gasteiger partial charge on any atom is -0.351 e. The Morgan fingerprint density at radius 1 is 0.941 bits per heavy atom. The van der Waals surface area contributed by atoms with Gasteiger partial charge in [-0.05, 0) is 66.8 Å². The Morgan fingerprint density at radius 2 is 1.65 bits per heavy atom. The summed E-state index contributed by atoms with van der Waals surface area (Å²) in [5.74, 6) is 1.63. The van der Waals surface area contributed by atoms with Crippen molar-refractivity contribution in [3.05, 3.63) is 100 Å². The smallest absolute Gasteiger partial charge is 0.251 e. The van der Waals surface area contributed by atoms with E-state index in [2.05, 4.69) is 24.4 Å². The maximum absolute atomic E-state index is 12.5. The minimum absolute atomic E-state index is 0.127. The van der Waals surface area contributed by atoms with E-state index in [-0.39, 0.29) is 12.5 Å². The molecule has 0 aromatic heterocycles. The van der Waals surface area contributed by atoms with Crippen molar-refractivity contribution >= 4 is 33.4 Å². The van der Waals surface area contributed by atoms with Crippen molar-refractivity contribution in [1.82, 2.24) is 5.32 Å². The second kappa shape index (κ2) is 11.6.